The van der Waals surface area contributed by atoms with Crippen molar-refractivity contribution in [3.63, 3.8) is 0 Å². The Kier molecular flexibility index (Phi) is 2.88. The van der Waals surface area contributed by atoms with Crippen LogP contribution < -0.4 is 10.1 Å². The van der Waals surface area contributed by atoms with E-state index in [0.29, 0.717) is 11.6 Å². The molecule has 2 heterocycles. The Hall–Kier alpha value is -2.11. The van der Waals surface area contributed by atoms with Crippen LogP contribution >= 0.6 is 0 Å². The molecule has 2 aromatic heterocycles. The maximum Gasteiger partial charge on any atom is 0.249 e. The number of aromatic nitrogens is 3. The van der Waals surface area contributed by atoms with E-state index in [-0.39, 0.29) is 17.4 Å². The molecule has 0 atom stereocenters. The molecular formula is C14H18N4O2. The minimum absolute atomic E-state index is 0.00655. The molecule has 3 rings (SSSR count). The summed E-state index contributed by atoms with van der Waals surface area (Å²) in [5.74, 6) is 1.22. The second kappa shape index (κ2) is 4.47. The van der Waals surface area contributed by atoms with Crippen LogP contribution in [0.15, 0.2) is 18.3 Å². The molecule has 1 aliphatic carbocycles. The van der Waals surface area contributed by atoms with Gasteiger partial charge < -0.3 is 4.74 Å². The highest BCUT2D eigenvalue weighted by Crippen LogP contribution is 2.29. The summed E-state index contributed by atoms with van der Waals surface area (Å²) in [5.41, 5.74) is 0.388. The van der Waals surface area contributed by atoms with Crippen molar-refractivity contribution in [3.05, 3.63) is 18.3 Å². The van der Waals surface area contributed by atoms with Crippen molar-refractivity contribution in [2.45, 2.75) is 39.2 Å². The summed E-state index contributed by atoms with van der Waals surface area (Å²) in [5, 5.41) is 6.96. The molecule has 2 aromatic rings. The van der Waals surface area contributed by atoms with E-state index in [9.17, 15) is 4.79 Å². The number of hydrogen-bond acceptors (Lipinski definition) is 4. The molecule has 1 aliphatic rings. The van der Waals surface area contributed by atoms with E-state index < -0.39 is 0 Å². The van der Waals surface area contributed by atoms with Gasteiger partial charge in [0.2, 0.25) is 11.9 Å². The zero-order valence-electron chi connectivity index (χ0n) is 11.9. The molecule has 6 nitrogen and oxygen atoms in total. The SMILES string of the molecule is CC(C)(C)Oc1ccn2nc(NC(=O)C3CC3)nc2c1. The minimum Gasteiger partial charge on any atom is -0.488 e. The monoisotopic (exact) mass is 274 g/mol. The minimum atomic E-state index is -0.263. The highest BCUT2D eigenvalue weighted by Gasteiger charge is 2.30. The Labute approximate surface area is 117 Å². The predicted molar refractivity (Wildman–Crippen MR) is 74.7 cm³/mol. The number of nitrogens with one attached hydrogen (secondary N) is 1. The number of hydrogen-bond donors (Lipinski definition) is 1. The Morgan fingerprint density at radius 3 is 2.85 bits per heavy atom. The van der Waals surface area contributed by atoms with Crippen molar-refractivity contribution in [2.24, 2.45) is 5.92 Å². The number of anilines is 1. The Bertz CT molecular complexity index is 653. The van der Waals surface area contributed by atoms with Gasteiger partial charge in [-0.25, -0.2) is 4.52 Å². The number of nitrogens with zero attached hydrogens (tertiary/aromatic N) is 3. The number of amides is 1. The molecule has 0 aliphatic heterocycles. The lowest BCUT2D eigenvalue weighted by Crippen LogP contribution is -2.22. The summed E-state index contributed by atoms with van der Waals surface area (Å²) in [7, 11) is 0. The largest absolute Gasteiger partial charge is 0.488 e. The molecule has 6 heteroatoms. The van der Waals surface area contributed by atoms with Gasteiger partial charge in [-0.05, 0) is 39.7 Å². The molecule has 1 N–H and O–H groups in total. The van der Waals surface area contributed by atoms with Crippen LogP contribution in [0.5, 0.6) is 5.75 Å². The van der Waals surface area contributed by atoms with E-state index in [0.717, 1.165) is 18.6 Å². The van der Waals surface area contributed by atoms with Crippen LogP contribution in [0, 0.1) is 5.92 Å². The van der Waals surface area contributed by atoms with Gasteiger partial charge in [-0.3, -0.25) is 10.1 Å². The van der Waals surface area contributed by atoms with E-state index in [4.69, 9.17) is 4.74 Å². The molecule has 0 aromatic carbocycles. The third kappa shape index (κ3) is 2.89. The van der Waals surface area contributed by atoms with Crippen LogP contribution in [0.2, 0.25) is 0 Å². The van der Waals surface area contributed by atoms with Gasteiger partial charge in [0.1, 0.15) is 11.4 Å². The molecule has 0 spiro atoms. The molecule has 1 fully saturated rings. The first-order valence-electron chi connectivity index (χ1n) is 6.77. The standard InChI is InChI=1S/C14H18N4O2/c1-14(2,3)20-10-6-7-18-11(8-10)15-13(17-18)16-12(19)9-4-5-9/h6-9H,4-5H2,1-3H3,(H,16,17,19). The number of pyridine rings is 1. The van der Waals surface area contributed by atoms with Gasteiger partial charge in [-0.15, -0.1) is 5.10 Å². The van der Waals surface area contributed by atoms with Crippen molar-refractivity contribution in [2.75, 3.05) is 5.32 Å². The Morgan fingerprint density at radius 1 is 1.45 bits per heavy atom. The van der Waals surface area contributed by atoms with Crippen LogP contribution in [0.25, 0.3) is 5.65 Å². The number of carbonyl (C=O) groups excluding carboxylic acids is 1. The van der Waals surface area contributed by atoms with Gasteiger partial charge in [-0.1, -0.05) is 0 Å². The molecule has 20 heavy (non-hydrogen) atoms. The molecule has 0 radical (unpaired) electrons. The van der Waals surface area contributed by atoms with E-state index in [2.05, 4.69) is 15.4 Å². The fraction of sp³-hybridized carbons (Fsp3) is 0.500. The summed E-state index contributed by atoms with van der Waals surface area (Å²) in [4.78, 5) is 16.0. The summed E-state index contributed by atoms with van der Waals surface area (Å²) < 4.78 is 7.40. The first kappa shape index (κ1) is 12.9. The summed E-state index contributed by atoms with van der Waals surface area (Å²) >= 11 is 0. The maximum absolute atomic E-state index is 11.7. The zero-order valence-corrected chi connectivity index (χ0v) is 11.9. The topological polar surface area (TPSA) is 68.5 Å². The quantitative estimate of drug-likeness (QED) is 0.932. The lowest BCUT2D eigenvalue weighted by molar-refractivity contribution is -0.117. The van der Waals surface area contributed by atoms with Crippen LogP contribution in [0.4, 0.5) is 5.95 Å². The lowest BCUT2D eigenvalue weighted by Gasteiger charge is -2.20. The van der Waals surface area contributed by atoms with Crippen molar-refractivity contribution in [1.29, 1.82) is 0 Å². The summed E-state index contributed by atoms with van der Waals surface area (Å²) in [6.45, 7) is 5.97. The summed E-state index contributed by atoms with van der Waals surface area (Å²) in [6.07, 6.45) is 3.70. The highest BCUT2D eigenvalue weighted by atomic mass is 16.5. The first-order valence-corrected chi connectivity index (χ1v) is 6.77. The van der Waals surface area contributed by atoms with Crippen molar-refractivity contribution in [3.8, 4) is 5.75 Å². The average molecular weight is 274 g/mol. The van der Waals surface area contributed by atoms with Crippen molar-refractivity contribution >= 4 is 17.5 Å². The van der Waals surface area contributed by atoms with Crippen LogP contribution in [-0.2, 0) is 4.79 Å². The second-order valence-corrected chi connectivity index (χ2v) is 6.08. The van der Waals surface area contributed by atoms with Gasteiger partial charge in [0, 0.05) is 18.2 Å². The Balaban J connectivity index is 1.81. The normalized spacial score (nSPS) is 15.3. The fourth-order valence-electron chi connectivity index (χ4n) is 1.89. The number of fused-ring (bicyclic) bond motifs is 1. The zero-order chi connectivity index (χ0) is 14.3. The van der Waals surface area contributed by atoms with Gasteiger partial charge >= 0.3 is 0 Å². The van der Waals surface area contributed by atoms with E-state index in [1.54, 1.807) is 10.7 Å². The highest BCUT2D eigenvalue weighted by molar-refractivity contribution is 5.92. The third-order valence-electron chi connectivity index (χ3n) is 2.92. The average Bonchev–Trinajstić information content (AvgIpc) is 3.09. The van der Waals surface area contributed by atoms with Crippen LogP contribution in [0.3, 0.4) is 0 Å². The van der Waals surface area contributed by atoms with Gasteiger partial charge in [0.15, 0.2) is 5.65 Å². The smallest absolute Gasteiger partial charge is 0.249 e. The molecule has 1 saturated carbocycles. The van der Waals surface area contributed by atoms with E-state index in [1.807, 2.05) is 32.9 Å². The molecule has 106 valence electrons. The van der Waals surface area contributed by atoms with E-state index in [1.165, 1.54) is 0 Å². The number of ether oxygens (including phenoxy) is 1. The summed E-state index contributed by atoms with van der Waals surface area (Å²) in [6, 6.07) is 3.64. The molecule has 1 amide bonds. The fourth-order valence-corrected chi connectivity index (χ4v) is 1.89. The van der Waals surface area contributed by atoms with Crippen molar-refractivity contribution < 1.29 is 9.53 Å². The van der Waals surface area contributed by atoms with Crippen molar-refractivity contribution in [1.82, 2.24) is 14.6 Å². The lowest BCUT2D eigenvalue weighted by atomic mass is 10.2. The second-order valence-electron chi connectivity index (χ2n) is 6.08. The molecule has 0 unspecified atom stereocenters. The Morgan fingerprint density at radius 2 is 2.20 bits per heavy atom. The molecule has 0 bridgehead atoms. The van der Waals surface area contributed by atoms with Gasteiger partial charge in [0.05, 0.1) is 0 Å². The van der Waals surface area contributed by atoms with Crippen LogP contribution in [-0.4, -0.2) is 26.1 Å². The molecule has 0 saturated heterocycles. The van der Waals surface area contributed by atoms with Crippen LogP contribution in [0.1, 0.15) is 33.6 Å². The number of carbonyl (C=O) groups is 1. The third-order valence-corrected chi connectivity index (χ3v) is 2.92. The molecular weight excluding hydrogens is 256 g/mol. The number of rotatable bonds is 3. The predicted octanol–water partition coefficient (Wildman–Crippen LogP) is 2.26. The van der Waals surface area contributed by atoms with Gasteiger partial charge in [-0.2, -0.15) is 4.98 Å². The van der Waals surface area contributed by atoms with Gasteiger partial charge in [0.25, 0.3) is 0 Å². The first-order chi connectivity index (χ1) is 9.40. The van der Waals surface area contributed by atoms with E-state index >= 15 is 0 Å². The maximum atomic E-state index is 11.7.